The lowest BCUT2D eigenvalue weighted by Crippen LogP contribution is -2.38. The van der Waals surface area contributed by atoms with Gasteiger partial charge in [0, 0.05) is 44.6 Å². The highest BCUT2D eigenvalue weighted by atomic mass is 19.1. The monoisotopic (exact) mass is 345 g/mol. The van der Waals surface area contributed by atoms with Crippen molar-refractivity contribution < 1.29 is 14.3 Å². The van der Waals surface area contributed by atoms with Crippen LogP contribution in [0.1, 0.15) is 29.7 Å². The van der Waals surface area contributed by atoms with E-state index in [1.165, 1.54) is 16.8 Å². The van der Waals surface area contributed by atoms with Crippen molar-refractivity contribution in [2.45, 2.75) is 32.2 Å². The minimum Gasteiger partial charge on any atom is -0.505 e. The highest BCUT2D eigenvalue weighted by Crippen LogP contribution is 2.19. The fourth-order valence-electron chi connectivity index (χ4n) is 3.01. The molecule has 0 radical (unpaired) electrons. The van der Waals surface area contributed by atoms with Crippen molar-refractivity contribution in [3.05, 3.63) is 57.3 Å². The zero-order valence-corrected chi connectivity index (χ0v) is 14.0. The molecule has 0 bridgehead atoms. The molecule has 0 aliphatic carbocycles. The molecule has 0 saturated carbocycles. The van der Waals surface area contributed by atoms with E-state index < -0.39 is 5.82 Å². The zero-order valence-electron chi connectivity index (χ0n) is 14.0. The third-order valence-electron chi connectivity index (χ3n) is 4.46. The molecular weight excluding hydrogens is 325 g/mol. The van der Waals surface area contributed by atoms with Crippen LogP contribution in [0.2, 0.25) is 0 Å². The van der Waals surface area contributed by atoms with E-state index >= 15 is 0 Å². The lowest BCUT2D eigenvalue weighted by Gasteiger charge is -2.28. The van der Waals surface area contributed by atoms with Gasteiger partial charge in [-0.2, -0.15) is 5.10 Å². The molecule has 7 heteroatoms. The van der Waals surface area contributed by atoms with Crippen molar-refractivity contribution in [1.29, 1.82) is 0 Å². The molecule has 25 heavy (non-hydrogen) atoms. The van der Waals surface area contributed by atoms with Crippen LogP contribution in [0.15, 0.2) is 29.1 Å². The van der Waals surface area contributed by atoms with Gasteiger partial charge < -0.3 is 10.0 Å². The maximum atomic E-state index is 13.3. The van der Waals surface area contributed by atoms with Gasteiger partial charge in [-0.15, -0.1) is 0 Å². The van der Waals surface area contributed by atoms with Crippen LogP contribution >= 0.6 is 0 Å². The molecule has 1 aliphatic heterocycles. The Morgan fingerprint density at radius 2 is 2.16 bits per heavy atom. The number of hydrogen-bond donors (Lipinski definition) is 1. The van der Waals surface area contributed by atoms with Gasteiger partial charge in [0.2, 0.25) is 5.91 Å². The second kappa shape index (κ2) is 7.04. The number of nitrogens with zero attached hydrogens (tertiary/aromatic N) is 3. The van der Waals surface area contributed by atoms with E-state index in [1.54, 1.807) is 24.1 Å². The van der Waals surface area contributed by atoms with Crippen LogP contribution in [0, 0.1) is 5.82 Å². The minimum atomic E-state index is -0.648. The second-order valence-electron chi connectivity index (χ2n) is 6.28. The summed E-state index contributed by atoms with van der Waals surface area (Å²) in [6, 6.07) is 5.81. The van der Waals surface area contributed by atoms with Crippen LogP contribution in [0.25, 0.3) is 0 Å². The van der Waals surface area contributed by atoms with Crippen LogP contribution in [-0.2, 0) is 31.2 Å². The van der Waals surface area contributed by atoms with Crippen LogP contribution in [0.4, 0.5) is 4.39 Å². The minimum absolute atomic E-state index is 0.0191. The van der Waals surface area contributed by atoms with Gasteiger partial charge in [0.1, 0.15) is 0 Å². The Labute approximate surface area is 144 Å². The number of halogens is 1. The van der Waals surface area contributed by atoms with E-state index in [0.29, 0.717) is 38.8 Å². The normalized spacial score (nSPS) is 13.6. The van der Waals surface area contributed by atoms with Crippen molar-refractivity contribution in [2.75, 3.05) is 6.54 Å². The number of aryl methyl sites for hydroxylation is 2. The van der Waals surface area contributed by atoms with Gasteiger partial charge in [-0.1, -0.05) is 6.07 Å². The largest absolute Gasteiger partial charge is 0.505 e. The smallest absolute Gasteiger partial charge is 0.266 e. The predicted octanol–water partition coefficient (Wildman–Crippen LogP) is 1.53. The van der Waals surface area contributed by atoms with Crippen LogP contribution < -0.4 is 5.56 Å². The maximum Gasteiger partial charge on any atom is 0.266 e. The standard InChI is InChI=1S/C18H20FN3O3/c1-21-18(25)10-13-11-22(8-7-15(13)20-21)17(24)4-2-3-12-5-6-16(23)14(19)9-12/h5-6,9-10,23H,2-4,7-8,11H2,1H3. The fraction of sp³-hybridized carbons (Fsp3) is 0.389. The summed E-state index contributed by atoms with van der Waals surface area (Å²) in [6.07, 6.45) is 2.16. The summed E-state index contributed by atoms with van der Waals surface area (Å²) in [6.45, 7) is 0.996. The van der Waals surface area contributed by atoms with E-state index in [9.17, 15) is 19.1 Å². The van der Waals surface area contributed by atoms with Crippen LogP contribution in [0.5, 0.6) is 5.75 Å². The number of amides is 1. The van der Waals surface area contributed by atoms with E-state index in [-0.39, 0.29) is 17.2 Å². The summed E-state index contributed by atoms with van der Waals surface area (Å²) in [5.41, 5.74) is 2.25. The molecule has 0 saturated heterocycles. The summed E-state index contributed by atoms with van der Waals surface area (Å²) < 4.78 is 14.6. The molecule has 0 spiro atoms. The lowest BCUT2D eigenvalue weighted by atomic mass is 10.0. The number of benzene rings is 1. The number of hydrogen-bond acceptors (Lipinski definition) is 4. The summed E-state index contributed by atoms with van der Waals surface area (Å²) >= 11 is 0. The molecule has 132 valence electrons. The summed E-state index contributed by atoms with van der Waals surface area (Å²) in [5, 5.41) is 13.4. The average Bonchev–Trinajstić information content (AvgIpc) is 2.58. The highest BCUT2D eigenvalue weighted by Gasteiger charge is 2.22. The Kier molecular flexibility index (Phi) is 4.83. The molecule has 1 aliphatic rings. The van der Waals surface area contributed by atoms with E-state index in [1.807, 2.05) is 0 Å². The van der Waals surface area contributed by atoms with Gasteiger partial charge in [0.15, 0.2) is 11.6 Å². The third kappa shape index (κ3) is 3.87. The maximum absolute atomic E-state index is 13.3. The fourth-order valence-corrected chi connectivity index (χ4v) is 3.01. The Balaban J connectivity index is 1.56. The number of phenols is 1. The van der Waals surface area contributed by atoms with Crippen molar-refractivity contribution in [3.8, 4) is 5.75 Å². The first-order chi connectivity index (χ1) is 11.9. The summed E-state index contributed by atoms with van der Waals surface area (Å²) in [4.78, 5) is 25.8. The number of phenolic OH excluding ortho intramolecular Hbond substituents is 1. The van der Waals surface area contributed by atoms with Crippen molar-refractivity contribution in [2.24, 2.45) is 7.05 Å². The van der Waals surface area contributed by atoms with Crippen molar-refractivity contribution in [3.63, 3.8) is 0 Å². The molecule has 1 aromatic carbocycles. The van der Waals surface area contributed by atoms with Crippen molar-refractivity contribution in [1.82, 2.24) is 14.7 Å². The van der Waals surface area contributed by atoms with E-state index in [4.69, 9.17) is 0 Å². The quantitative estimate of drug-likeness (QED) is 0.912. The Hall–Kier alpha value is -2.70. The van der Waals surface area contributed by atoms with Gasteiger partial charge in [0.05, 0.1) is 5.69 Å². The predicted molar refractivity (Wildman–Crippen MR) is 89.6 cm³/mol. The van der Waals surface area contributed by atoms with Crippen LogP contribution in [0.3, 0.4) is 0 Å². The summed E-state index contributed by atoms with van der Waals surface area (Å²) in [5.74, 6) is -0.998. The molecule has 1 amide bonds. The number of carbonyl (C=O) groups is 1. The van der Waals surface area contributed by atoms with Crippen LogP contribution in [-0.4, -0.2) is 32.2 Å². The third-order valence-corrected chi connectivity index (χ3v) is 4.46. The first-order valence-corrected chi connectivity index (χ1v) is 8.25. The molecule has 1 N–H and O–H groups in total. The first-order valence-electron chi connectivity index (χ1n) is 8.25. The Morgan fingerprint density at radius 3 is 2.92 bits per heavy atom. The molecule has 2 aromatic rings. The molecule has 1 aromatic heterocycles. The van der Waals surface area contributed by atoms with Gasteiger partial charge in [-0.25, -0.2) is 9.07 Å². The second-order valence-corrected chi connectivity index (χ2v) is 6.28. The SMILES string of the molecule is Cn1nc2c(cc1=O)CN(C(=O)CCCc1ccc(O)c(F)c1)CC2. The summed E-state index contributed by atoms with van der Waals surface area (Å²) in [7, 11) is 1.62. The van der Waals surface area contributed by atoms with E-state index in [0.717, 1.165) is 16.8 Å². The molecule has 3 rings (SSSR count). The molecular formula is C18H20FN3O3. The van der Waals surface area contributed by atoms with Gasteiger partial charge in [-0.05, 0) is 30.5 Å². The van der Waals surface area contributed by atoms with Gasteiger partial charge in [-0.3, -0.25) is 9.59 Å². The molecule has 0 unspecified atom stereocenters. The number of fused-ring (bicyclic) bond motifs is 1. The number of rotatable bonds is 4. The zero-order chi connectivity index (χ0) is 18.0. The highest BCUT2D eigenvalue weighted by molar-refractivity contribution is 5.76. The Bertz CT molecular complexity index is 863. The topological polar surface area (TPSA) is 75.4 Å². The molecule has 0 fully saturated rings. The lowest BCUT2D eigenvalue weighted by molar-refractivity contribution is -0.132. The van der Waals surface area contributed by atoms with Gasteiger partial charge in [0.25, 0.3) is 5.56 Å². The van der Waals surface area contributed by atoms with Gasteiger partial charge >= 0.3 is 0 Å². The Morgan fingerprint density at radius 1 is 1.36 bits per heavy atom. The molecule has 2 heterocycles. The first kappa shape index (κ1) is 17.1. The van der Waals surface area contributed by atoms with E-state index in [2.05, 4.69) is 5.10 Å². The molecule has 0 atom stereocenters. The number of aromatic nitrogens is 2. The molecule has 6 nitrogen and oxygen atoms in total. The average molecular weight is 345 g/mol. The number of carbonyl (C=O) groups excluding carboxylic acids is 1. The number of aromatic hydroxyl groups is 1. The van der Waals surface area contributed by atoms with Crippen molar-refractivity contribution >= 4 is 5.91 Å².